The Morgan fingerprint density at radius 1 is 0.980 bits per heavy atom. The van der Waals surface area contributed by atoms with E-state index in [1.54, 1.807) is 44.8 Å². The van der Waals surface area contributed by atoms with Crippen molar-refractivity contribution < 1.29 is 23.4 Å². The molecule has 1 atom stereocenters. The van der Waals surface area contributed by atoms with Gasteiger partial charge in [-0.1, -0.05) is 37.3 Å². The van der Waals surface area contributed by atoms with Crippen LogP contribution in [0.5, 0.6) is 11.5 Å². The van der Waals surface area contributed by atoms with Crippen LogP contribution in [-0.4, -0.2) is 44.1 Å². The van der Waals surface area contributed by atoms with Crippen molar-refractivity contribution in [1.29, 1.82) is 0 Å². The molecule has 1 aromatic heterocycles. The normalized spacial score (nSPS) is 16.3. The lowest BCUT2D eigenvalue weighted by Crippen LogP contribution is -2.37. The number of allylic oxidation sites excluding steroid dienone is 2. The summed E-state index contributed by atoms with van der Waals surface area (Å²) < 4.78 is 34.0. The molecule has 3 aromatic carbocycles. The lowest BCUT2D eigenvalue weighted by atomic mass is 9.94. The minimum atomic E-state index is -0.665. The topological polar surface area (TPSA) is 117 Å². The molecule has 6 rings (SSSR count). The molecule has 0 aliphatic carbocycles. The number of nitrogens with two attached hydrogens (primary N) is 1. The van der Waals surface area contributed by atoms with Crippen LogP contribution in [0.2, 0.25) is 0 Å². The Morgan fingerprint density at radius 3 is 2.41 bits per heavy atom. The summed E-state index contributed by atoms with van der Waals surface area (Å²) in [6.45, 7) is 4.10. The number of amides is 1. The first-order chi connectivity index (χ1) is 23.8. The van der Waals surface area contributed by atoms with Crippen molar-refractivity contribution in [3.63, 3.8) is 0 Å². The fourth-order valence-electron chi connectivity index (χ4n) is 6.27. The van der Waals surface area contributed by atoms with Crippen molar-refractivity contribution in [1.82, 2.24) is 9.88 Å². The monoisotopic (exact) mass is 664 g/mol. The second kappa shape index (κ2) is 14.9. The van der Waals surface area contributed by atoms with Crippen LogP contribution in [0.1, 0.15) is 46.8 Å². The number of ether oxygens (including phenoxy) is 3. The molecule has 4 N–H and O–H groups in total. The fourth-order valence-corrected chi connectivity index (χ4v) is 6.27. The highest BCUT2D eigenvalue weighted by Crippen LogP contribution is 2.34. The van der Waals surface area contributed by atoms with E-state index < -0.39 is 17.9 Å². The Kier molecular flexibility index (Phi) is 10.3. The van der Waals surface area contributed by atoms with Gasteiger partial charge in [0, 0.05) is 55.2 Å². The summed E-state index contributed by atoms with van der Waals surface area (Å²) in [5.74, 6) is 0.333. The third-order valence-corrected chi connectivity index (χ3v) is 9.13. The van der Waals surface area contributed by atoms with Gasteiger partial charge in [0.05, 0.1) is 14.2 Å². The maximum Gasteiger partial charge on any atom is 0.261 e. The van der Waals surface area contributed by atoms with Gasteiger partial charge in [0.1, 0.15) is 17.5 Å². The van der Waals surface area contributed by atoms with Crippen LogP contribution >= 0.6 is 0 Å². The van der Waals surface area contributed by atoms with E-state index in [0.717, 1.165) is 41.5 Å². The van der Waals surface area contributed by atoms with Crippen molar-refractivity contribution in [3.8, 4) is 22.6 Å². The predicted molar refractivity (Wildman–Crippen MR) is 190 cm³/mol. The number of pyridine rings is 1. The third kappa shape index (κ3) is 7.45. The Labute approximate surface area is 285 Å². The van der Waals surface area contributed by atoms with E-state index in [9.17, 15) is 9.59 Å². The highest BCUT2D eigenvalue weighted by atomic mass is 19.1. The van der Waals surface area contributed by atoms with Gasteiger partial charge in [-0.3, -0.25) is 9.59 Å². The van der Waals surface area contributed by atoms with Crippen molar-refractivity contribution in [3.05, 3.63) is 124 Å². The van der Waals surface area contributed by atoms with Gasteiger partial charge in [0.2, 0.25) is 5.43 Å². The van der Waals surface area contributed by atoms with Crippen LogP contribution in [0.15, 0.2) is 90.1 Å². The van der Waals surface area contributed by atoms with Gasteiger partial charge in [0.15, 0.2) is 11.5 Å². The Bertz CT molecular complexity index is 1960. The smallest absolute Gasteiger partial charge is 0.261 e. The number of dihydropyridines is 1. The molecule has 2 aliphatic heterocycles. The number of anilines is 1. The molecule has 1 amide bonds. The van der Waals surface area contributed by atoms with Crippen molar-refractivity contribution in [2.75, 3.05) is 32.8 Å². The van der Waals surface area contributed by atoms with Crippen molar-refractivity contribution in [2.24, 2.45) is 11.7 Å². The third-order valence-electron chi connectivity index (χ3n) is 9.13. The number of nitrogens with one attached hydrogen (secondary N) is 2. The number of hydrogen-bond donors (Lipinski definition) is 3. The van der Waals surface area contributed by atoms with Gasteiger partial charge < -0.3 is 35.1 Å². The number of methoxy groups -OCH3 is 2. The Hall–Kier alpha value is -5.19. The zero-order valence-electron chi connectivity index (χ0n) is 27.9. The maximum atomic E-state index is 15.8. The minimum Gasteiger partial charge on any atom is -0.493 e. The summed E-state index contributed by atoms with van der Waals surface area (Å²) in [6.07, 6.45) is 9.03. The summed E-state index contributed by atoms with van der Waals surface area (Å²) in [5, 5.41) is 5.85. The molecule has 1 fully saturated rings. The van der Waals surface area contributed by atoms with Crippen LogP contribution in [0, 0.1) is 11.7 Å². The quantitative estimate of drug-likeness (QED) is 0.184. The van der Waals surface area contributed by atoms with Crippen LogP contribution in [0.25, 0.3) is 22.3 Å². The van der Waals surface area contributed by atoms with E-state index in [-0.39, 0.29) is 22.2 Å². The predicted octanol–water partition coefficient (Wildman–Crippen LogP) is 6.23. The molecule has 0 bridgehead atoms. The molecule has 0 radical (unpaired) electrons. The standard InChI is InChI=1S/C39H41FN4O5/c1-4-24-5-7-26(8-6-24)32-22-44(21-25-13-15-49-16-14-25)23-33(37(32)45)39(46)43-29-10-11-30(34(40)19-29)31-17-28(20-42-38(31)41)27-9-12-35(47-2)36(18-27)48-3/h5-12,17-20,22-23,25,38,42H,4,13-16,21,41H2,1-3H3,(H,43,46). The largest absolute Gasteiger partial charge is 0.493 e. The zero-order valence-corrected chi connectivity index (χ0v) is 27.9. The highest BCUT2D eigenvalue weighted by Gasteiger charge is 2.22. The first-order valence-electron chi connectivity index (χ1n) is 16.5. The average Bonchev–Trinajstić information content (AvgIpc) is 3.13. The number of aryl methyl sites for hydroxylation is 1. The summed E-state index contributed by atoms with van der Waals surface area (Å²) in [7, 11) is 3.13. The van der Waals surface area contributed by atoms with Gasteiger partial charge in [-0.15, -0.1) is 0 Å². The molecule has 9 nitrogen and oxygen atoms in total. The molecule has 1 saturated heterocycles. The molecule has 254 valence electrons. The van der Waals surface area contributed by atoms with Crippen LogP contribution in [0.3, 0.4) is 0 Å². The molecule has 2 aliphatic rings. The number of carbonyl (C=O) groups excluding carboxylic acids is 1. The number of benzene rings is 3. The summed E-state index contributed by atoms with van der Waals surface area (Å²) in [6, 6.07) is 17.7. The van der Waals surface area contributed by atoms with E-state index in [1.165, 1.54) is 6.07 Å². The number of nitrogens with zero attached hydrogens (tertiary/aromatic N) is 1. The number of aromatic nitrogens is 1. The van der Waals surface area contributed by atoms with Gasteiger partial charge in [-0.25, -0.2) is 4.39 Å². The van der Waals surface area contributed by atoms with E-state index >= 15 is 4.39 Å². The maximum absolute atomic E-state index is 15.8. The number of carbonyl (C=O) groups is 1. The van der Waals surface area contributed by atoms with Gasteiger partial charge in [0.25, 0.3) is 5.91 Å². The SMILES string of the molecule is CCc1ccc(-c2cn(CC3CCOCC3)cc(C(=O)Nc3ccc(C4=CC(c5ccc(OC)c(OC)c5)=CNC4N)c(F)c3)c2=O)cc1. The van der Waals surface area contributed by atoms with Crippen LogP contribution < -0.4 is 31.3 Å². The number of rotatable bonds is 10. The second-order valence-electron chi connectivity index (χ2n) is 12.3. The van der Waals surface area contributed by atoms with Gasteiger partial charge >= 0.3 is 0 Å². The van der Waals surface area contributed by atoms with E-state index in [4.69, 9.17) is 19.9 Å². The number of halogens is 1. The van der Waals surface area contributed by atoms with Crippen molar-refractivity contribution >= 4 is 22.7 Å². The molecule has 0 spiro atoms. The molecule has 3 heterocycles. The van der Waals surface area contributed by atoms with Crippen molar-refractivity contribution in [2.45, 2.75) is 38.9 Å². The first kappa shape index (κ1) is 33.7. The average molecular weight is 665 g/mol. The fraction of sp³-hybridized carbons (Fsp3) is 0.282. The van der Waals surface area contributed by atoms with Gasteiger partial charge in [-0.2, -0.15) is 0 Å². The van der Waals surface area contributed by atoms with Crippen LogP contribution in [-0.2, 0) is 17.7 Å². The molecule has 4 aromatic rings. The van der Waals surface area contributed by atoms with E-state index in [2.05, 4.69) is 17.6 Å². The second-order valence-corrected chi connectivity index (χ2v) is 12.3. The molecular formula is C39H41FN4O5. The van der Waals surface area contributed by atoms with E-state index in [1.807, 2.05) is 53.2 Å². The molecule has 49 heavy (non-hydrogen) atoms. The first-order valence-corrected chi connectivity index (χ1v) is 16.5. The molecule has 0 saturated carbocycles. The molecule has 1 unspecified atom stereocenters. The summed E-state index contributed by atoms with van der Waals surface area (Å²) >= 11 is 0. The lowest BCUT2D eigenvalue weighted by molar-refractivity contribution is 0.0612. The summed E-state index contributed by atoms with van der Waals surface area (Å²) in [4.78, 5) is 27.4. The summed E-state index contributed by atoms with van der Waals surface area (Å²) in [5.41, 5.74) is 10.9. The molecule has 10 heteroatoms. The van der Waals surface area contributed by atoms with E-state index in [0.29, 0.717) is 48.3 Å². The molecular weight excluding hydrogens is 623 g/mol. The van der Waals surface area contributed by atoms with Crippen LogP contribution in [0.4, 0.5) is 10.1 Å². The highest BCUT2D eigenvalue weighted by molar-refractivity contribution is 6.04. The Balaban J connectivity index is 1.27. The van der Waals surface area contributed by atoms with Gasteiger partial charge in [-0.05, 0) is 89.4 Å². The number of hydrogen-bond acceptors (Lipinski definition) is 7. The zero-order chi connectivity index (χ0) is 34.5. The Morgan fingerprint density at radius 2 is 1.71 bits per heavy atom. The minimum absolute atomic E-state index is 0.0143. The lowest BCUT2D eigenvalue weighted by Gasteiger charge is -2.24.